The third kappa shape index (κ3) is 1.68. The van der Waals surface area contributed by atoms with E-state index in [0.29, 0.717) is 5.69 Å². The van der Waals surface area contributed by atoms with E-state index in [0.717, 1.165) is 5.69 Å². The molecule has 0 saturated carbocycles. The average Bonchev–Trinajstić information content (AvgIpc) is 2.21. The Morgan fingerprint density at radius 1 is 1.36 bits per heavy atom. The van der Waals surface area contributed by atoms with Crippen molar-refractivity contribution in [3.63, 3.8) is 0 Å². The summed E-state index contributed by atoms with van der Waals surface area (Å²) < 4.78 is 14.3. The number of anilines is 1. The molecule has 0 aromatic heterocycles. The van der Waals surface area contributed by atoms with Gasteiger partial charge in [0.05, 0.1) is 0 Å². The molecule has 1 rings (SSSR count). The lowest BCUT2D eigenvalue weighted by Crippen LogP contribution is -2.07. The second kappa shape index (κ2) is 3.02. The molecule has 1 aromatic rings. The molecule has 11 heavy (non-hydrogen) atoms. The summed E-state index contributed by atoms with van der Waals surface area (Å²) in [6.45, 7) is 0. The van der Waals surface area contributed by atoms with Gasteiger partial charge in [0.1, 0.15) is 0 Å². The lowest BCUT2D eigenvalue weighted by molar-refractivity contribution is 1.13. The lowest BCUT2D eigenvalue weighted by Gasteiger charge is -2.09. The molecule has 0 N–H and O–H groups in total. The largest absolute Gasteiger partial charge is 0.385 e. The molecule has 0 fully saturated rings. The van der Waals surface area contributed by atoms with E-state index >= 15 is 0 Å². The van der Waals surface area contributed by atoms with Gasteiger partial charge in [-0.15, -0.1) is 0 Å². The van der Waals surface area contributed by atoms with Gasteiger partial charge >= 0.3 is 5.69 Å². The van der Waals surface area contributed by atoms with Crippen LogP contribution in [0, 0.1) is 5.39 Å². The number of rotatable bonds is 1. The molecule has 0 amide bonds. The molecule has 3 nitrogen and oxygen atoms in total. The molecule has 0 radical (unpaired) electrons. The normalized spacial score (nSPS) is 11.2. The van der Waals surface area contributed by atoms with Crippen molar-refractivity contribution in [3.05, 3.63) is 29.2 Å². The van der Waals surface area contributed by atoms with E-state index in [1.165, 1.54) is 0 Å². The minimum absolute atomic E-state index is 0.0547. The fraction of sp³-hybridized carbons (Fsp3) is 0.250. The molecule has 0 aliphatic rings. The molecule has 0 aliphatic heterocycles. The minimum atomic E-state index is 0.0547. The highest BCUT2D eigenvalue weighted by molar-refractivity contribution is 5.54. The maximum Gasteiger partial charge on any atom is 0.385 e. The maximum absolute atomic E-state index is 8.42. The van der Waals surface area contributed by atoms with E-state index in [9.17, 15) is 0 Å². The SMILES string of the molecule is [3H]CN(C[3H])c1ccc([N+]#N)cc1. The van der Waals surface area contributed by atoms with Gasteiger partial charge in [0.2, 0.25) is 5.39 Å². The number of hydrogen-bond acceptors (Lipinski definition) is 2. The van der Waals surface area contributed by atoms with Gasteiger partial charge < -0.3 is 4.90 Å². The first-order valence-corrected chi connectivity index (χ1v) is 3.10. The Bertz CT molecular complexity index is 300. The highest BCUT2D eigenvalue weighted by atomic mass is 15.1. The highest BCUT2D eigenvalue weighted by Crippen LogP contribution is 2.17. The summed E-state index contributed by atoms with van der Waals surface area (Å²) in [5.41, 5.74) is 1.26. The Morgan fingerprint density at radius 3 is 2.45 bits per heavy atom. The van der Waals surface area contributed by atoms with Gasteiger partial charge in [0, 0.05) is 34.6 Å². The lowest BCUT2D eigenvalue weighted by atomic mass is 10.3. The van der Waals surface area contributed by atoms with E-state index in [1.807, 2.05) is 0 Å². The zero-order valence-corrected chi connectivity index (χ0v) is 6.07. The zero-order valence-electron chi connectivity index (χ0n) is 8.07. The van der Waals surface area contributed by atoms with E-state index in [2.05, 4.69) is 4.98 Å². The van der Waals surface area contributed by atoms with Gasteiger partial charge in [0.25, 0.3) is 0 Å². The molecular formula is C8H10N3+. The van der Waals surface area contributed by atoms with E-state index in [1.54, 1.807) is 29.2 Å². The summed E-state index contributed by atoms with van der Waals surface area (Å²) >= 11 is 0. The molecule has 56 valence electrons. The fourth-order valence-corrected chi connectivity index (χ4v) is 0.730. The third-order valence-corrected chi connectivity index (χ3v) is 1.33. The van der Waals surface area contributed by atoms with Crippen LogP contribution in [0.3, 0.4) is 0 Å². The highest BCUT2D eigenvalue weighted by Gasteiger charge is 2.02. The summed E-state index contributed by atoms with van der Waals surface area (Å²) in [5, 5.41) is 8.42. The summed E-state index contributed by atoms with van der Waals surface area (Å²) in [5.74, 6) is 0. The monoisotopic (exact) mass is 152 g/mol. The summed E-state index contributed by atoms with van der Waals surface area (Å²) in [7, 11) is 0.109. The first kappa shape index (κ1) is 5.14. The van der Waals surface area contributed by atoms with Crippen LogP contribution < -0.4 is 4.90 Å². The van der Waals surface area contributed by atoms with Crippen LogP contribution in [-0.4, -0.2) is 14.0 Å². The Kier molecular flexibility index (Phi) is 1.41. The van der Waals surface area contributed by atoms with Gasteiger partial charge in [-0.05, 0) is 12.1 Å². The Morgan fingerprint density at radius 2 is 2.00 bits per heavy atom. The Balaban J connectivity index is 2.85. The van der Waals surface area contributed by atoms with Gasteiger partial charge in [0.15, 0.2) is 4.98 Å². The number of hydrogen-bond donors (Lipinski definition) is 0. The Labute approximate surface area is 68.7 Å². The summed E-state index contributed by atoms with van der Waals surface area (Å²) in [4.78, 5) is 4.58. The predicted octanol–water partition coefficient (Wildman–Crippen LogP) is 2.24. The van der Waals surface area contributed by atoms with Crippen molar-refractivity contribution in [2.24, 2.45) is 0 Å². The average molecular weight is 152 g/mol. The second-order valence-corrected chi connectivity index (χ2v) is 2.16. The van der Waals surface area contributed by atoms with Crippen LogP contribution in [0.2, 0.25) is 0 Å². The van der Waals surface area contributed by atoms with Crippen LogP contribution in [0.1, 0.15) is 2.74 Å². The van der Waals surface area contributed by atoms with Crippen LogP contribution in [-0.2, 0) is 0 Å². The van der Waals surface area contributed by atoms with Crippen molar-refractivity contribution in [3.8, 4) is 0 Å². The van der Waals surface area contributed by atoms with Crippen molar-refractivity contribution < 1.29 is 2.74 Å². The quantitative estimate of drug-likeness (QED) is 0.578. The van der Waals surface area contributed by atoms with Crippen molar-refractivity contribution in [1.29, 1.82) is 5.39 Å². The smallest absolute Gasteiger partial charge is 0.378 e. The minimum Gasteiger partial charge on any atom is -0.378 e. The summed E-state index contributed by atoms with van der Waals surface area (Å²) in [6.07, 6.45) is 0. The predicted molar refractivity (Wildman–Crippen MR) is 45.5 cm³/mol. The standard InChI is InChI=1S/C8H10N3/c1-11(2)8-5-3-7(10-9)4-6-8/h3-6H,1-2H3/q+1/i1T,2T. The molecule has 0 aliphatic carbocycles. The zero-order chi connectivity index (χ0) is 9.68. The van der Waals surface area contributed by atoms with Crippen LogP contribution in [0.15, 0.2) is 24.3 Å². The topological polar surface area (TPSA) is 31.4 Å². The molecule has 0 unspecified atom stereocenters. The van der Waals surface area contributed by atoms with Crippen molar-refractivity contribution >= 4 is 11.4 Å². The first-order valence-electron chi connectivity index (χ1n) is 4.52. The van der Waals surface area contributed by atoms with Gasteiger partial charge in [-0.3, -0.25) is 0 Å². The Hall–Kier alpha value is -1.56. The van der Waals surface area contributed by atoms with Gasteiger partial charge in [-0.1, -0.05) is 0 Å². The molecule has 3 heteroatoms. The number of diazo groups is 1. The fourth-order valence-electron chi connectivity index (χ4n) is 0.730. The first-order chi connectivity index (χ1) is 6.31. The van der Waals surface area contributed by atoms with Crippen LogP contribution in [0.25, 0.3) is 4.98 Å². The van der Waals surface area contributed by atoms with Crippen molar-refractivity contribution in [1.82, 2.24) is 0 Å². The van der Waals surface area contributed by atoms with Crippen molar-refractivity contribution in [2.45, 2.75) is 0 Å². The van der Waals surface area contributed by atoms with E-state index in [-0.39, 0.29) is 14.0 Å². The van der Waals surface area contributed by atoms with Gasteiger partial charge in [-0.25, -0.2) is 0 Å². The molecule has 0 bridgehead atoms. The molecule has 0 saturated heterocycles. The van der Waals surface area contributed by atoms with Crippen LogP contribution >= 0.6 is 0 Å². The number of benzene rings is 1. The van der Waals surface area contributed by atoms with Crippen molar-refractivity contribution in [2.75, 3.05) is 18.9 Å². The van der Waals surface area contributed by atoms with E-state index in [4.69, 9.17) is 8.13 Å². The molecule has 0 spiro atoms. The molecular weight excluding hydrogens is 138 g/mol. The van der Waals surface area contributed by atoms with Crippen LogP contribution in [0.4, 0.5) is 11.4 Å². The maximum atomic E-state index is 8.42. The second-order valence-electron chi connectivity index (χ2n) is 2.16. The molecule has 0 atom stereocenters. The molecule has 0 heterocycles. The molecule has 1 aromatic carbocycles. The third-order valence-electron chi connectivity index (χ3n) is 1.33. The summed E-state index contributed by atoms with van der Waals surface area (Å²) in [6, 6.07) is 6.71. The van der Waals surface area contributed by atoms with E-state index < -0.39 is 0 Å². The van der Waals surface area contributed by atoms with Gasteiger partial charge in [-0.2, -0.15) is 0 Å². The van der Waals surface area contributed by atoms with Crippen LogP contribution in [0.5, 0.6) is 0 Å². The number of nitrogens with zero attached hydrogens (tertiary/aromatic N) is 3.